The number of β-amino-alcohol motifs (C(OH)–C–C–N with tert-alkyl or cyclic N) is 1. The maximum Gasteiger partial charge on any atom is 0.308 e. The number of nitrogens with zero attached hydrogens (tertiary/aromatic N) is 2. The molecule has 0 spiro atoms. The Morgan fingerprint density at radius 3 is 2.53 bits per heavy atom. The Labute approximate surface area is 190 Å². The Kier molecular flexibility index (Phi) is 7.79. The highest BCUT2D eigenvalue weighted by Gasteiger charge is 2.26. The number of hydrogen-bond acceptors (Lipinski definition) is 6. The van der Waals surface area contributed by atoms with Gasteiger partial charge in [0, 0.05) is 31.7 Å². The first-order valence-corrected chi connectivity index (χ1v) is 11.6. The smallest absolute Gasteiger partial charge is 0.308 e. The maximum atomic E-state index is 11.8. The van der Waals surface area contributed by atoms with Gasteiger partial charge in [0.1, 0.15) is 18.5 Å². The molecular formula is C26H34N2O4. The van der Waals surface area contributed by atoms with Crippen LogP contribution in [0, 0.1) is 5.92 Å². The molecule has 4 rings (SSSR count). The minimum atomic E-state index is -0.538. The Bertz CT molecular complexity index is 895. The molecule has 1 N–H and O–H groups in total. The van der Waals surface area contributed by atoms with E-state index in [1.165, 1.54) is 18.2 Å². The summed E-state index contributed by atoms with van der Waals surface area (Å²) in [6.45, 7) is 5.25. The lowest BCUT2D eigenvalue weighted by molar-refractivity contribution is -0.147. The van der Waals surface area contributed by atoms with Crippen molar-refractivity contribution in [3.8, 4) is 5.75 Å². The molecule has 1 fully saturated rings. The largest absolute Gasteiger partial charge is 0.491 e. The van der Waals surface area contributed by atoms with Gasteiger partial charge in [-0.1, -0.05) is 42.5 Å². The van der Waals surface area contributed by atoms with E-state index < -0.39 is 6.10 Å². The molecule has 172 valence electrons. The third-order valence-corrected chi connectivity index (χ3v) is 6.60. The Hall–Kier alpha value is -2.41. The van der Waals surface area contributed by atoms with Crippen LogP contribution >= 0.6 is 0 Å². The molecule has 0 aliphatic carbocycles. The topological polar surface area (TPSA) is 62.2 Å². The average molecular weight is 439 g/mol. The van der Waals surface area contributed by atoms with E-state index in [2.05, 4.69) is 40.1 Å². The number of carbonyl (C=O) groups is 1. The molecule has 2 aromatic carbocycles. The highest BCUT2D eigenvalue weighted by Crippen LogP contribution is 2.25. The monoisotopic (exact) mass is 438 g/mol. The van der Waals surface area contributed by atoms with Gasteiger partial charge >= 0.3 is 5.97 Å². The van der Waals surface area contributed by atoms with E-state index in [0.29, 0.717) is 6.54 Å². The maximum absolute atomic E-state index is 11.8. The molecule has 0 bridgehead atoms. The number of para-hydroxylation sites is 1. The van der Waals surface area contributed by atoms with E-state index in [-0.39, 0.29) is 18.5 Å². The minimum absolute atomic E-state index is 0.0136. The van der Waals surface area contributed by atoms with Crippen molar-refractivity contribution < 1.29 is 19.4 Å². The molecule has 1 atom stereocenters. The van der Waals surface area contributed by atoms with Gasteiger partial charge in [-0.3, -0.25) is 14.6 Å². The number of rotatable bonds is 8. The van der Waals surface area contributed by atoms with Crippen LogP contribution in [-0.4, -0.2) is 66.9 Å². The van der Waals surface area contributed by atoms with Crippen molar-refractivity contribution in [1.29, 1.82) is 0 Å². The number of carbonyl (C=O) groups excluding carboxylic acids is 1. The number of aliphatic hydroxyl groups excluding tert-OH is 1. The summed E-state index contributed by atoms with van der Waals surface area (Å²) in [5.74, 6) is 0.741. The lowest BCUT2D eigenvalue weighted by atomic mass is 9.96. The highest BCUT2D eigenvalue weighted by molar-refractivity contribution is 5.72. The number of likely N-dealkylation sites (tertiary alicyclic amines) is 1. The number of piperidine rings is 1. The molecule has 2 aliphatic rings. The van der Waals surface area contributed by atoms with Crippen molar-refractivity contribution in [2.45, 2.75) is 38.5 Å². The van der Waals surface area contributed by atoms with Crippen LogP contribution in [0.1, 0.15) is 29.5 Å². The molecular weight excluding hydrogens is 404 g/mol. The summed E-state index contributed by atoms with van der Waals surface area (Å²) in [5.41, 5.74) is 3.88. The zero-order chi connectivity index (χ0) is 22.3. The van der Waals surface area contributed by atoms with Crippen molar-refractivity contribution in [3.05, 3.63) is 65.2 Å². The third-order valence-electron chi connectivity index (χ3n) is 6.60. The third kappa shape index (κ3) is 5.88. The van der Waals surface area contributed by atoms with Crippen LogP contribution in [0.5, 0.6) is 5.75 Å². The number of aliphatic hydroxyl groups is 1. The number of fused-ring (bicyclic) bond motifs is 1. The Morgan fingerprint density at radius 2 is 1.75 bits per heavy atom. The van der Waals surface area contributed by atoms with Crippen LogP contribution in [0.25, 0.3) is 0 Å². The quantitative estimate of drug-likeness (QED) is 0.640. The van der Waals surface area contributed by atoms with E-state index in [9.17, 15) is 9.90 Å². The summed E-state index contributed by atoms with van der Waals surface area (Å²) in [4.78, 5) is 16.4. The average Bonchev–Trinajstić information content (AvgIpc) is 2.83. The number of benzene rings is 2. The zero-order valence-electron chi connectivity index (χ0n) is 18.9. The molecule has 2 heterocycles. The van der Waals surface area contributed by atoms with E-state index >= 15 is 0 Å². The minimum Gasteiger partial charge on any atom is -0.491 e. The summed E-state index contributed by atoms with van der Waals surface area (Å²) in [7, 11) is 1.46. The van der Waals surface area contributed by atoms with Crippen molar-refractivity contribution in [1.82, 2.24) is 9.80 Å². The lowest BCUT2D eigenvalue weighted by Crippen LogP contribution is -2.39. The highest BCUT2D eigenvalue weighted by atomic mass is 16.5. The van der Waals surface area contributed by atoms with Gasteiger partial charge in [0.25, 0.3) is 0 Å². The van der Waals surface area contributed by atoms with Crippen LogP contribution in [0.3, 0.4) is 0 Å². The second-order valence-electron chi connectivity index (χ2n) is 8.90. The number of esters is 1. The molecule has 0 aromatic heterocycles. The van der Waals surface area contributed by atoms with Crippen molar-refractivity contribution >= 4 is 5.97 Å². The molecule has 1 unspecified atom stereocenters. The summed E-state index contributed by atoms with van der Waals surface area (Å²) in [5, 5.41) is 10.6. The normalized spacial score (nSPS) is 18.7. The predicted molar refractivity (Wildman–Crippen MR) is 123 cm³/mol. The number of hydrogen-bond donors (Lipinski definition) is 1. The molecule has 1 saturated heterocycles. The lowest BCUT2D eigenvalue weighted by Gasteiger charge is -2.31. The molecule has 0 amide bonds. The molecule has 2 aliphatic heterocycles. The van der Waals surface area contributed by atoms with Crippen molar-refractivity contribution in [3.63, 3.8) is 0 Å². The second kappa shape index (κ2) is 10.9. The Balaban J connectivity index is 1.26. The fourth-order valence-corrected chi connectivity index (χ4v) is 4.76. The van der Waals surface area contributed by atoms with Gasteiger partial charge in [-0.15, -0.1) is 0 Å². The fraction of sp³-hybridized carbons (Fsp3) is 0.500. The van der Waals surface area contributed by atoms with E-state index in [4.69, 9.17) is 9.47 Å². The number of ether oxygens (including phenoxy) is 2. The van der Waals surface area contributed by atoms with Gasteiger partial charge in [0.05, 0.1) is 13.0 Å². The molecule has 2 aromatic rings. The van der Waals surface area contributed by atoms with E-state index in [0.717, 1.165) is 63.3 Å². The van der Waals surface area contributed by atoms with Crippen molar-refractivity contribution in [2.24, 2.45) is 5.92 Å². The molecule has 0 radical (unpaired) electrons. The zero-order valence-corrected chi connectivity index (χ0v) is 18.9. The predicted octanol–water partition coefficient (Wildman–Crippen LogP) is 2.87. The van der Waals surface area contributed by atoms with E-state index in [1.807, 2.05) is 18.2 Å². The van der Waals surface area contributed by atoms with Gasteiger partial charge in [0.2, 0.25) is 0 Å². The van der Waals surface area contributed by atoms with Gasteiger partial charge < -0.3 is 14.6 Å². The molecule has 6 nitrogen and oxygen atoms in total. The summed E-state index contributed by atoms with van der Waals surface area (Å²) in [6.07, 6.45) is 2.14. The van der Waals surface area contributed by atoms with Crippen LogP contribution < -0.4 is 4.74 Å². The van der Waals surface area contributed by atoms with Gasteiger partial charge in [0.15, 0.2) is 0 Å². The summed E-state index contributed by atoms with van der Waals surface area (Å²) < 4.78 is 10.9. The van der Waals surface area contributed by atoms with Crippen molar-refractivity contribution in [2.75, 3.05) is 39.9 Å². The summed E-state index contributed by atoms with van der Waals surface area (Å²) in [6, 6.07) is 16.6. The first-order chi connectivity index (χ1) is 15.6. The van der Waals surface area contributed by atoms with Crippen LogP contribution in [-0.2, 0) is 29.0 Å². The van der Waals surface area contributed by atoms with Gasteiger partial charge in [-0.25, -0.2) is 0 Å². The SMILES string of the molecule is COC(=O)C1CCN(Cc2ccccc2OCC(O)CN2CCc3ccccc3C2)CC1. The van der Waals surface area contributed by atoms with E-state index in [1.54, 1.807) is 0 Å². The molecule has 0 saturated carbocycles. The van der Waals surface area contributed by atoms with Crippen LogP contribution in [0.15, 0.2) is 48.5 Å². The number of methoxy groups -OCH3 is 1. The first kappa shape index (κ1) is 22.8. The van der Waals surface area contributed by atoms with Crippen LogP contribution in [0.2, 0.25) is 0 Å². The summed E-state index contributed by atoms with van der Waals surface area (Å²) >= 11 is 0. The van der Waals surface area contributed by atoms with Gasteiger partial charge in [-0.05, 0) is 49.5 Å². The second-order valence-corrected chi connectivity index (χ2v) is 8.90. The standard InChI is InChI=1S/C26H34N2O4/c1-31-26(30)21-11-13-27(14-12-21)17-23-8-4-5-9-25(23)32-19-24(29)18-28-15-10-20-6-2-3-7-22(20)16-28/h2-9,21,24,29H,10-19H2,1H3. The Morgan fingerprint density at radius 1 is 1.03 bits per heavy atom. The van der Waals surface area contributed by atoms with Crippen LogP contribution in [0.4, 0.5) is 0 Å². The molecule has 32 heavy (non-hydrogen) atoms. The fourth-order valence-electron chi connectivity index (χ4n) is 4.76. The van der Waals surface area contributed by atoms with Gasteiger partial charge in [-0.2, -0.15) is 0 Å². The first-order valence-electron chi connectivity index (χ1n) is 11.6. The molecule has 6 heteroatoms.